The molecular formula is C22H27NO5S. The molecule has 1 aliphatic heterocycles. The van der Waals surface area contributed by atoms with E-state index in [9.17, 15) is 13.2 Å². The fourth-order valence-corrected chi connectivity index (χ4v) is 5.71. The van der Waals surface area contributed by atoms with Crippen LogP contribution in [0.5, 0.6) is 5.75 Å². The lowest BCUT2D eigenvalue weighted by Crippen LogP contribution is -2.40. The number of furan rings is 1. The predicted molar refractivity (Wildman–Crippen MR) is 110 cm³/mol. The largest absolute Gasteiger partial charge is 0.494 e. The molecule has 0 spiro atoms. The first-order chi connectivity index (χ1) is 13.9. The van der Waals surface area contributed by atoms with Crippen molar-refractivity contribution in [2.75, 3.05) is 18.1 Å². The number of ether oxygens (including phenoxy) is 1. The lowest BCUT2D eigenvalue weighted by atomic mass is 10.1. The highest BCUT2D eigenvalue weighted by molar-refractivity contribution is 7.91. The van der Waals surface area contributed by atoms with Gasteiger partial charge in [0, 0.05) is 17.5 Å². The smallest absolute Gasteiger partial charge is 0.254 e. The molecule has 1 aromatic heterocycles. The Kier molecular flexibility index (Phi) is 5.42. The van der Waals surface area contributed by atoms with E-state index in [1.165, 1.54) is 0 Å². The van der Waals surface area contributed by atoms with Gasteiger partial charge in [-0.15, -0.1) is 0 Å². The van der Waals surface area contributed by atoms with Gasteiger partial charge < -0.3 is 14.1 Å². The van der Waals surface area contributed by atoms with Crippen LogP contribution in [0.4, 0.5) is 0 Å². The number of hydrogen-bond donors (Lipinski definition) is 0. The van der Waals surface area contributed by atoms with E-state index >= 15 is 0 Å². The van der Waals surface area contributed by atoms with Crippen molar-refractivity contribution < 1.29 is 22.4 Å². The number of hydrogen-bond acceptors (Lipinski definition) is 5. The molecule has 1 aromatic carbocycles. The van der Waals surface area contributed by atoms with Gasteiger partial charge >= 0.3 is 0 Å². The summed E-state index contributed by atoms with van der Waals surface area (Å²) in [6, 6.07) is 10.5. The van der Waals surface area contributed by atoms with E-state index in [-0.39, 0.29) is 30.0 Å². The first kappa shape index (κ1) is 20.0. The van der Waals surface area contributed by atoms with E-state index in [4.69, 9.17) is 9.15 Å². The van der Waals surface area contributed by atoms with Crippen LogP contribution in [0.3, 0.4) is 0 Å². The molecule has 0 radical (unpaired) electrons. The summed E-state index contributed by atoms with van der Waals surface area (Å²) < 4.78 is 35.5. The number of benzene rings is 1. The van der Waals surface area contributed by atoms with E-state index in [2.05, 4.69) is 6.92 Å². The second-order valence-electron chi connectivity index (χ2n) is 8.07. The van der Waals surface area contributed by atoms with Crippen LogP contribution in [-0.2, 0) is 16.4 Å². The summed E-state index contributed by atoms with van der Waals surface area (Å²) in [5.41, 5.74) is 0.514. The van der Waals surface area contributed by atoms with E-state index < -0.39 is 9.84 Å². The van der Waals surface area contributed by atoms with E-state index in [1.807, 2.05) is 19.1 Å². The molecule has 156 valence electrons. The van der Waals surface area contributed by atoms with Crippen molar-refractivity contribution in [3.63, 3.8) is 0 Å². The van der Waals surface area contributed by atoms with Crippen molar-refractivity contribution in [2.24, 2.45) is 5.92 Å². The number of rotatable bonds is 7. The molecule has 29 heavy (non-hydrogen) atoms. The highest BCUT2D eigenvalue weighted by Crippen LogP contribution is 2.47. The molecule has 2 aliphatic rings. The summed E-state index contributed by atoms with van der Waals surface area (Å²) in [5.74, 6) is 3.39. The van der Waals surface area contributed by atoms with Crippen LogP contribution < -0.4 is 4.74 Å². The van der Waals surface area contributed by atoms with Crippen molar-refractivity contribution in [1.82, 2.24) is 4.90 Å². The van der Waals surface area contributed by atoms with Gasteiger partial charge in [-0.05, 0) is 62.1 Å². The topological polar surface area (TPSA) is 76.8 Å². The summed E-state index contributed by atoms with van der Waals surface area (Å²) in [4.78, 5) is 14.9. The Morgan fingerprint density at radius 1 is 1.21 bits per heavy atom. The zero-order chi connectivity index (χ0) is 20.6. The Morgan fingerprint density at radius 3 is 2.52 bits per heavy atom. The number of carbonyl (C=O) groups excluding carboxylic acids is 1. The molecule has 1 saturated heterocycles. The van der Waals surface area contributed by atoms with Crippen LogP contribution in [0.25, 0.3) is 0 Å². The second kappa shape index (κ2) is 7.86. The molecule has 3 unspecified atom stereocenters. The second-order valence-corrected chi connectivity index (χ2v) is 10.3. The average molecular weight is 418 g/mol. The van der Waals surface area contributed by atoms with Crippen molar-refractivity contribution in [3.05, 3.63) is 53.5 Å². The molecule has 7 heteroatoms. The summed E-state index contributed by atoms with van der Waals surface area (Å²) in [6.45, 7) is 4.92. The maximum absolute atomic E-state index is 13.3. The summed E-state index contributed by atoms with van der Waals surface area (Å²) in [7, 11) is -3.11. The minimum atomic E-state index is -3.11. The summed E-state index contributed by atoms with van der Waals surface area (Å²) >= 11 is 0. The molecular weight excluding hydrogens is 390 g/mol. The standard InChI is InChI=1S/C22H27NO5S/c1-3-27-18-6-4-16(5-7-18)22(24)23(17-10-11-29(25,26)14-17)13-19-8-9-21(28-19)20-12-15(20)2/h4-9,15,17,20H,3,10-14H2,1-2H3. The SMILES string of the molecule is CCOc1ccc(C(=O)N(Cc2ccc(C3CC3C)o2)C2CCS(=O)(=O)C2)cc1. The molecule has 1 saturated carbocycles. The molecule has 2 heterocycles. The number of nitrogens with zero attached hydrogens (tertiary/aromatic N) is 1. The fourth-order valence-electron chi connectivity index (χ4n) is 3.98. The molecule has 1 aliphatic carbocycles. The van der Waals surface area contributed by atoms with Crippen LogP contribution in [0, 0.1) is 5.92 Å². The van der Waals surface area contributed by atoms with Crippen LogP contribution >= 0.6 is 0 Å². The third-order valence-electron chi connectivity index (χ3n) is 5.81. The van der Waals surface area contributed by atoms with Gasteiger partial charge in [0.05, 0.1) is 24.7 Å². The van der Waals surface area contributed by atoms with Crippen LogP contribution in [0.1, 0.15) is 54.5 Å². The highest BCUT2D eigenvalue weighted by atomic mass is 32.2. The molecule has 0 bridgehead atoms. The zero-order valence-corrected chi connectivity index (χ0v) is 17.7. The normalized spacial score (nSPS) is 25.0. The number of sulfone groups is 1. The quantitative estimate of drug-likeness (QED) is 0.688. The van der Waals surface area contributed by atoms with Gasteiger partial charge in [0.25, 0.3) is 5.91 Å². The Morgan fingerprint density at radius 2 is 1.93 bits per heavy atom. The van der Waals surface area contributed by atoms with E-state index in [1.54, 1.807) is 29.2 Å². The first-order valence-corrected chi connectivity index (χ1v) is 12.0. The molecule has 0 N–H and O–H groups in total. The Hall–Kier alpha value is -2.28. The van der Waals surface area contributed by atoms with Gasteiger partial charge in [-0.1, -0.05) is 6.92 Å². The van der Waals surface area contributed by atoms with Gasteiger partial charge in [-0.3, -0.25) is 4.79 Å². The van der Waals surface area contributed by atoms with Crippen LogP contribution in [0.2, 0.25) is 0 Å². The minimum absolute atomic E-state index is 0.00297. The van der Waals surface area contributed by atoms with Crippen molar-refractivity contribution in [3.8, 4) is 5.75 Å². The van der Waals surface area contributed by atoms with E-state index in [0.29, 0.717) is 41.9 Å². The summed E-state index contributed by atoms with van der Waals surface area (Å²) in [6.07, 6.45) is 1.58. The molecule has 1 amide bonds. The van der Waals surface area contributed by atoms with Gasteiger partial charge in [0.1, 0.15) is 17.3 Å². The number of amides is 1. The Balaban J connectivity index is 1.56. The summed E-state index contributed by atoms with van der Waals surface area (Å²) in [5, 5.41) is 0. The van der Waals surface area contributed by atoms with Crippen LogP contribution in [-0.4, -0.2) is 43.4 Å². The van der Waals surface area contributed by atoms with Gasteiger partial charge in [-0.25, -0.2) is 8.42 Å². The molecule has 6 nitrogen and oxygen atoms in total. The molecule has 4 rings (SSSR count). The fraction of sp³-hybridized carbons (Fsp3) is 0.500. The molecule has 3 atom stereocenters. The first-order valence-electron chi connectivity index (χ1n) is 10.2. The van der Waals surface area contributed by atoms with Crippen molar-refractivity contribution in [2.45, 2.75) is 45.2 Å². The third-order valence-corrected chi connectivity index (χ3v) is 7.56. The van der Waals surface area contributed by atoms with Crippen molar-refractivity contribution >= 4 is 15.7 Å². The van der Waals surface area contributed by atoms with E-state index in [0.717, 1.165) is 12.2 Å². The predicted octanol–water partition coefficient (Wildman–Crippen LogP) is 3.63. The highest BCUT2D eigenvalue weighted by Gasteiger charge is 2.38. The minimum Gasteiger partial charge on any atom is -0.494 e. The Bertz CT molecular complexity index is 979. The Labute approximate surface area is 171 Å². The van der Waals surface area contributed by atoms with Gasteiger partial charge in [0.2, 0.25) is 0 Å². The zero-order valence-electron chi connectivity index (χ0n) is 16.8. The maximum atomic E-state index is 13.3. The lowest BCUT2D eigenvalue weighted by Gasteiger charge is -2.27. The number of carbonyl (C=O) groups is 1. The molecule has 2 aromatic rings. The average Bonchev–Trinajstić information content (AvgIpc) is 3.08. The molecule has 2 fully saturated rings. The lowest BCUT2D eigenvalue weighted by molar-refractivity contribution is 0.0665. The monoisotopic (exact) mass is 417 g/mol. The van der Waals surface area contributed by atoms with Gasteiger partial charge in [-0.2, -0.15) is 0 Å². The maximum Gasteiger partial charge on any atom is 0.254 e. The van der Waals surface area contributed by atoms with Crippen molar-refractivity contribution in [1.29, 1.82) is 0 Å². The van der Waals surface area contributed by atoms with Gasteiger partial charge in [0.15, 0.2) is 9.84 Å². The third kappa shape index (κ3) is 4.50. The van der Waals surface area contributed by atoms with Crippen LogP contribution in [0.15, 0.2) is 40.8 Å².